The van der Waals surface area contributed by atoms with Gasteiger partial charge in [0.25, 0.3) is 0 Å². The Hall–Kier alpha value is -2.42. The maximum Gasteiger partial charge on any atom is 0.357 e. The van der Waals surface area contributed by atoms with Crippen LogP contribution in [-0.4, -0.2) is 29.0 Å². The summed E-state index contributed by atoms with van der Waals surface area (Å²) in [5.74, 6) is -1.16. The average molecular weight is 289 g/mol. The molecule has 0 unspecified atom stereocenters. The molecule has 1 aromatic heterocycles. The first-order valence-corrected chi connectivity index (χ1v) is 6.56. The Morgan fingerprint density at radius 1 is 1.43 bits per heavy atom. The number of carbonyl (C=O) groups excluding carboxylic acids is 2. The van der Waals surface area contributed by atoms with Crippen molar-refractivity contribution in [2.75, 3.05) is 11.9 Å². The van der Waals surface area contributed by atoms with Gasteiger partial charge in [0.1, 0.15) is 17.2 Å². The summed E-state index contributed by atoms with van der Waals surface area (Å²) in [5.41, 5.74) is 0.0715. The van der Waals surface area contributed by atoms with Gasteiger partial charge in [-0.1, -0.05) is 0 Å². The Morgan fingerprint density at radius 2 is 2.10 bits per heavy atom. The van der Waals surface area contributed by atoms with Gasteiger partial charge in [-0.2, -0.15) is 0 Å². The lowest BCUT2D eigenvalue weighted by molar-refractivity contribution is -0.118. The highest BCUT2D eigenvalue weighted by atomic mass is 16.6. The van der Waals surface area contributed by atoms with Crippen LogP contribution in [0.3, 0.4) is 0 Å². The molecule has 1 atom stereocenters. The summed E-state index contributed by atoms with van der Waals surface area (Å²) in [4.78, 5) is 30.7. The molecule has 0 aromatic carbocycles. The standard InChI is InChI=1S/C15H19N3O3/c1-10(8-16-5)13(19)18-11-6-7-12(17-9-11)14(20)21-15(2,3)4/h6-7,9-10H,8H2,1-4H3,(H,18,19)/t10-/m0/s1. The lowest BCUT2D eigenvalue weighted by atomic mass is 10.1. The second kappa shape index (κ2) is 6.84. The van der Waals surface area contributed by atoms with E-state index < -0.39 is 17.5 Å². The molecule has 1 aromatic rings. The van der Waals surface area contributed by atoms with Crippen LogP contribution in [0, 0.1) is 12.5 Å². The fourth-order valence-corrected chi connectivity index (χ4v) is 1.40. The number of anilines is 1. The van der Waals surface area contributed by atoms with Crippen molar-refractivity contribution in [1.29, 1.82) is 0 Å². The number of hydrogen-bond donors (Lipinski definition) is 1. The zero-order chi connectivity index (χ0) is 16.0. The third-order valence-electron chi connectivity index (χ3n) is 2.45. The number of pyridine rings is 1. The van der Waals surface area contributed by atoms with Crippen LogP contribution in [0.2, 0.25) is 0 Å². The van der Waals surface area contributed by atoms with E-state index in [9.17, 15) is 9.59 Å². The van der Waals surface area contributed by atoms with Crippen molar-refractivity contribution in [3.8, 4) is 0 Å². The van der Waals surface area contributed by atoms with Gasteiger partial charge in [-0.05, 0) is 39.8 Å². The van der Waals surface area contributed by atoms with E-state index in [1.165, 1.54) is 12.3 Å². The Balaban J connectivity index is 2.69. The van der Waals surface area contributed by atoms with Crippen LogP contribution in [0.4, 0.5) is 5.69 Å². The third-order valence-corrected chi connectivity index (χ3v) is 2.45. The van der Waals surface area contributed by atoms with Gasteiger partial charge in [-0.3, -0.25) is 4.79 Å². The topological polar surface area (TPSA) is 72.7 Å². The van der Waals surface area contributed by atoms with E-state index in [1.807, 2.05) is 0 Å². The second-order valence-electron chi connectivity index (χ2n) is 5.66. The predicted octanol–water partition coefficient (Wildman–Crippen LogP) is 2.53. The number of nitrogens with one attached hydrogen (secondary N) is 1. The Labute approximate surface area is 124 Å². The summed E-state index contributed by atoms with van der Waals surface area (Å²) >= 11 is 0. The van der Waals surface area contributed by atoms with Gasteiger partial charge in [0.2, 0.25) is 12.5 Å². The van der Waals surface area contributed by atoms with Crippen molar-refractivity contribution >= 4 is 17.6 Å². The summed E-state index contributed by atoms with van der Waals surface area (Å²) < 4.78 is 5.19. The number of nitrogens with zero attached hydrogens (tertiary/aromatic N) is 2. The molecule has 1 heterocycles. The van der Waals surface area contributed by atoms with Crippen LogP contribution in [0.1, 0.15) is 38.2 Å². The van der Waals surface area contributed by atoms with Gasteiger partial charge >= 0.3 is 5.97 Å². The smallest absolute Gasteiger partial charge is 0.357 e. The molecule has 0 saturated heterocycles. The number of rotatable bonds is 4. The van der Waals surface area contributed by atoms with Crippen LogP contribution in [-0.2, 0) is 9.53 Å². The molecule has 1 rings (SSSR count). The van der Waals surface area contributed by atoms with Gasteiger partial charge in [-0.15, -0.1) is 0 Å². The first-order chi connectivity index (χ1) is 9.73. The monoisotopic (exact) mass is 289 g/mol. The van der Waals surface area contributed by atoms with E-state index in [0.29, 0.717) is 5.69 Å². The van der Waals surface area contributed by atoms with Crippen molar-refractivity contribution in [2.24, 2.45) is 5.92 Å². The lowest BCUT2D eigenvalue weighted by Gasteiger charge is -2.19. The molecule has 1 amide bonds. The Morgan fingerprint density at radius 3 is 2.57 bits per heavy atom. The summed E-state index contributed by atoms with van der Waals surface area (Å²) in [6.07, 6.45) is 1.39. The molecule has 112 valence electrons. The minimum absolute atomic E-state index is 0.134. The fraction of sp³-hybridized carbons (Fsp3) is 0.467. The molecule has 0 fully saturated rings. The molecular weight excluding hydrogens is 270 g/mol. The molecule has 0 spiro atoms. The van der Waals surface area contributed by atoms with E-state index in [1.54, 1.807) is 33.8 Å². The zero-order valence-electron chi connectivity index (χ0n) is 12.6. The quantitative estimate of drug-likeness (QED) is 0.683. The third kappa shape index (κ3) is 5.61. The van der Waals surface area contributed by atoms with E-state index in [0.717, 1.165) is 0 Å². The molecule has 0 aliphatic rings. The van der Waals surface area contributed by atoms with Crippen molar-refractivity contribution < 1.29 is 14.3 Å². The summed E-state index contributed by atoms with van der Waals surface area (Å²) in [5, 5.41) is 2.64. The number of aromatic nitrogens is 1. The van der Waals surface area contributed by atoms with Crippen molar-refractivity contribution in [1.82, 2.24) is 4.98 Å². The van der Waals surface area contributed by atoms with Crippen LogP contribution >= 0.6 is 0 Å². The highest BCUT2D eigenvalue weighted by Gasteiger charge is 2.19. The molecule has 0 aliphatic carbocycles. The highest BCUT2D eigenvalue weighted by Crippen LogP contribution is 2.13. The van der Waals surface area contributed by atoms with Gasteiger partial charge in [0.15, 0.2) is 0 Å². The van der Waals surface area contributed by atoms with E-state index >= 15 is 0 Å². The largest absolute Gasteiger partial charge is 0.455 e. The molecule has 0 saturated carbocycles. The van der Waals surface area contributed by atoms with Crippen molar-refractivity contribution in [3.63, 3.8) is 0 Å². The van der Waals surface area contributed by atoms with Gasteiger partial charge in [0.05, 0.1) is 11.9 Å². The molecule has 0 aliphatic heterocycles. The van der Waals surface area contributed by atoms with Gasteiger partial charge in [0, 0.05) is 0 Å². The van der Waals surface area contributed by atoms with E-state index in [4.69, 9.17) is 11.3 Å². The highest BCUT2D eigenvalue weighted by molar-refractivity contribution is 5.93. The minimum atomic E-state index is -0.582. The molecule has 0 bridgehead atoms. The maximum absolute atomic E-state index is 11.8. The van der Waals surface area contributed by atoms with Gasteiger partial charge in [-0.25, -0.2) is 16.4 Å². The van der Waals surface area contributed by atoms with Crippen molar-refractivity contribution in [2.45, 2.75) is 33.3 Å². The average Bonchev–Trinajstić information content (AvgIpc) is 2.37. The molecule has 1 N–H and O–H groups in total. The zero-order valence-corrected chi connectivity index (χ0v) is 12.6. The normalized spacial score (nSPS) is 12.1. The van der Waals surface area contributed by atoms with Crippen LogP contribution < -0.4 is 5.32 Å². The summed E-state index contributed by atoms with van der Waals surface area (Å²) in [7, 11) is 0. The number of ether oxygens (including phenoxy) is 1. The van der Waals surface area contributed by atoms with Crippen LogP contribution in [0.15, 0.2) is 18.3 Å². The number of esters is 1. The van der Waals surface area contributed by atoms with E-state index in [2.05, 4.69) is 15.1 Å². The number of hydrogen-bond acceptors (Lipinski definition) is 4. The lowest BCUT2D eigenvalue weighted by Crippen LogP contribution is -2.24. The Bertz CT molecular complexity index is 553. The van der Waals surface area contributed by atoms with Gasteiger partial charge < -0.3 is 14.9 Å². The first kappa shape index (κ1) is 16.6. The predicted molar refractivity (Wildman–Crippen MR) is 78.7 cm³/mol. The Kier molecular flexibility index (Phi) is 5.42. The molecule has 0 radical (unpaired) electrons. The molecular formula is C15H19N3O3. The number of amides is 1. The van der Waals surface area contributed by atoms with Crippen LogP contribution in [0.25, 0.3) is 4.85 Å². The van der Waals surface area contributed by atoms with Crippen molar-refractivity contribution in [3.05, 3.63) is 35.4 Å². The SMILES string of the molecule is [C-]#[N+]C[C@H](C)C(=O)Nc1ccc(C(=O)OC(C)(C)C)nc1. The summed E-state index contributed by atoms with van der Waals surface area (Å²) in [6, 6.07) is 3.07. The van der Waals surface area contributed by atoms with Crippen LogP contribution in [0.5, 0.6) is 0 Å². The summed E-state index contributed by atoms with van der Waals surface area (Å²) in [6.45, 7) is 13.9. The fourth-order valence-electron chi connectivity index (χ4n) is 1.40. The number of carbonyl (C=O) groups is 2. The minimum Gasteiger partial charge on any atom is -0.455 e. The molecule has 21 heavy (non-hydrogen) atoms. The second-order valence-corrected chi connectivity index (χ2v) is 5.66. The first-order valence-electron chi connectivity index (χ1n) is 6.56. The molecule has 6 nitrogen and oxygen atoms in total. The molecule has 6 heteroatoms. The maximum atomic E-state index is 11.8. The van der Waals surface area contributed by atoms with E-state index in [-0.39, 0.29) is 18.1 Å².